The van der Waals surface area contributed by atoms with E-state index in [1.807, 2.05) is 18.2 Å². The highest BCUT2D eigenvalue weighted by atomic mass is 32.2. The van der Waals surface area contributed by atoms with Gasteiger partial charge in [0.15, 0.2) is 5.16 Å². The molecule has 7 heteroatoms. The predicted molar refractivity (Wildman–Crippen MR) is 95.4 cm³/mol. The largest absolute Gasteiger partial charge is 0.497 e. The van der Waals surface area contributed by atoms with E-state index >= 15 is 0 Å². The molecule has 0 unspecified atom stereocenters. The third kappa shape index (κ3) is 3.96. The quantitative estimate of drug-likeness (QED) is 0.615. The number of ether oxygens (including phenoxy) is 1. The summed E-state index contributed by atoms with van der Waals surface area (Å²) < 4.78 is 7.44. The molecule has 1 aliphatic rings. The summed E-state index contributed by atoms with van der Waals surface area (Å²) in [5.41, 5.74) is 0.968. The topological polar surface area (TPSA) is 64.9 Å². The molecular weight excluding hydrogens is 322 g/mol. The first-order valence-corrected chi connectivity index (χ1v) is 9.16. The fourth-order valence-corrected chi connectivity index (χ4v) is 3.75. The maximum absolute atomic E-state index is 5.25. The molecule has 1 aliphatic heterocycles. The molecule has 24 heavy (non-hydrogen) atoms. The van der Waals surface area contributed by atoms with Crippen LogP contribution in [0.1, 0.15) is 30.3 Å². The molecule has 0 aromatic carbocycles. The number of rotatable bonds is 7. The van der Waals surface area contributed by atoms with Crippen LogP contribution in [0.15, 0.2) is 36.1 Å². The smallest absolute Gasteiger partial charge is 0.191 e. The van der Waals surface area contributed by atoms with Gasteiger partial charge in [0.05, 0.1) is 12.8 Å². The minimum atomic E-state index is 0.475. The summed E-state index contributed by atoms with van der Waals surface area (Å²) in [6.45, 7) is 6.70. The van der Waals surface area contributed by atoms with Crippen molar-refractivity contribution in [2.75, 3.05) is 20.2 Å². The maximum atomic E-state index is 5.25. The Labute approximate surface area is 146 Å². The van der Waals surface area contributed by atoms with Gasteiger partial charge < -0.3 is 14.6 Å². The number of pyridine rings is 1. The van der Waals surface area contributed by atoms with Crippen LogP contribution in [0.5, 0.6) is 5.75 Å². The standard InChI is InChI=1S/C17H23N5OS/c1-3-10-22-16(13-4-7-18-8-5-13)20-21-17(22)24-12-14-11-15(23-2)6-9-19-14/h3,6,9,11,13,18H,1,4-5,7-8,10,12H2,2H3. The second kappa shape index (κ2) is 8.30. The van der Waals surface area contributed by atoms with Crippen LogP contribution in [0.2, 0.25) is 0 Å². The van der Waals surface area contributed by atoms with Crippen LogP contribution in [-0.4, -0.2) is 39.9 Å². The SMILES string of the molecule is C=CCn1c(SCc2cc(OC)ccn2)nnc1C1CCNCC1. The third-order valence-corrected chi connectivity index (χ3v) is 5.13. The average molecular weight is 345 g/mol. The molecule has 0 atom stereocenters. The Morgan fingerprint density at radius 2 is 2.25 bits per heavy atom. The molecule has 6 nitrogen and oxygen atoms in total. The summed E-state index contributed by atoms with van der Waals surface area (Å²) in [6.07, 6.45) is 5.89. The number of hydrogen-bond acceptors (Lipinski definition) is 6. The van der Waals surface area contributed by atoms with Gasteiger partial charge in [-0.05, 0) is 32.0 Å². The van der Waals surface area contributed by atoms with Crippen molar-refractivity contribution in [1.82, 2.24) is 25.1 Å². The van der Waals surface area contributed by atoms with Crippen molar-refractivity contribution in [2.24, 2.45) is 0 Å². The van der Waals surface area contributed by atoms with Crippen LogP contribution in [0.4, 0.5) is 0 Å². The number of nitrogens with zero attached hydrogens (tertiary/aromatic N) is 4. The van der Waals surface area contributed by atoms with Gasteiger partial charge >= 0.3 is 0 Å². The Hall–Kier alpha value is -1.86. The Morgan fingerprint density at radius 3 is 3.00 bits per heavy atom. The Balaban J connectivity index is 1.74. The Kier molecular flexibility index (Phi) is 5.87. The Morgan fingerprint density at radius 1 is 1.42 bits per heavy atom. The highest BCUT2D eigenvalue weighted by Crippen LogP contribution is 2.29. The molecule has 0 radical (unpaired) electrons. The molecule has 2 aromatic rings. The second-order valence-electron chi connectivity index (χ2n) is 5.74. The molecule has 1 saturated heterocycles. The van der Waals surface area contributed by atoms with E-state index in [0.29, 0.717) is 5.92 Å². The minimum Gasteiger partial charge on any atom is -0.497 e. The van der Waals surface area contributed by atoms with Gasteiger partial charge in [-0.15, -0.1) is 16.8 Å². The predicted octanol–water partition coefficient (Wildman–Crippen LogP) is 2.63. The molecule has 128 valence electrons. The van der Waals surface area contributed by atoms with Gasteiger partial charge in [-0.2, -0.15) is 0 Å². The molecule has 3 heterocycles. The number of methoxy groups -OCH3 is 1. The van der Waals surface area contributed by atoms with Crippen LogP contribution < -0.4 is 10.1 Å². The molecule has 0 amide bonds. The molecular formula is C17H23N5OS. The number of allylic oxidation sites excluding steroid dienone is 1. The first kappa shape index (κ1) is 17.0. The van der Waals surface area contributed by atoms with E-state index in [2.05, 4.69) is 31.6 Å². The normalized spacial score (nSPS) is 15.4. The second-order valence-corrected chi connectivity index (χ2v) is 6.68. The lowest BCUT2D eigenvalue weighted by Crippen LogP contribution is -2.28. The summed E-state index contributed by atoms with van der Waals surface area (Å²) in [6, 6.07) is 3.80. The molecule has 2 aromatic heterocycles. The van der Waals surface area contributed by atoms with E-state index in [9.17, 15) is 0 Å². The van der Waals surface area contributed by atoms with Crippen LogP contribution >= 0.6 is 11.8 Å². The van der Waals surface area contributed by atoms with Crippen molar-refractivity contribution >= 4 is 11.8 Å². The van der Waals surface area contributed by atoms with Gasteiger partial charge in [0.1, 0.15) is 11.6 Å². The maximum Gasteiger partial charge on any atom is 0.191 e. The van der Waals surface area contributed by atoms with Crippen molar-refractivity contribution < 1.29 is 4.74 Å². The summed E-state index contributed by atoms with van der Waals surface area (Å²) in [7, 11) is 1.66. The first-order chi connectivity index (χ1) is 11.8. The van der Waals surface area contributed by atoms with Crippen molar-refractivity contribution in [1.29, 1.82) is 0 Å². The fraction of sp³-hybridized carbons (Fsp3) is 0.471. The van der Waals surface area contributed by atoms with Crippen molar-refractivity contribution in [2.45, 2.75) is 36.2 Å². The zero-order valence-corrected chi connectivity index (χ0v) is 14.8. The highest BCUT2D eigenvalue weighted by Gasteiger charge is 2.22. The zero-order chi connectivity index (χ0) is 16.8. The first-order valence-electron chi connectivity index (χ1n) is 8.18. The van der Waals surface area contributed by atoms with E-state index in [4.69, 9.17) is 4.74 Å². The van der Waals surface area contributed by atoms with Gasteiger partial charge in [0.25, 0.3) is 0 Å². The molecule has 3 rings (SSSR count). The third-order valence-electron chi connectivity index (χ3n) is 4.13. The molecule has 0 bridgehead atoms. The molecule has 0 aliphatic carbocycles. The lowest BCUT2D eigenvalue weighted by molar-refractivity contribution is 0.413. The van der Waals surface area contributed by atoms with E-state index in [-0.39, 0.29) is 0 Å². The number of piperidine rings is 1. The number of nitrogens with one attached hydrogen (secondary N) is 1. The summed E-state index contributed by atoms with van der Waals surface area (Å²) in [4.78, 5) is 4.39. The summed E-state index contributed by atoms with van der Waals surface area (Å²) >= 11 is 1.65. The van der Waals surface area contributed by atoms with Gasteiger partial charge in [-0.1, -0.05) is 17.8 Å². The molecule has 0 spiro atoms. The summed E-state index contributed by atoms with van der Waals surface area (Å²) in [5.74, 6) is 3.11. The minimum absolute atomic E-state index is 0.475. The molecule has 0 saturated carbocycles. The fourth-order valence-electron chi connectivity index (χ4n) is 2.89. The van der Waals surface area contributed by atoms with Crippen molar-refractivity contribution in [3.05, 3.63) is 42.5 Å². The van der Waals surface area contributed by atoms with E-state index < -0.39 is 0 Å². The van der Waals surface area contributed by atoms with E-state index in [0.717, 1.165) is 60.7 Å². The number of thioether (sulfide) groups is 1. The summed E-state index contributed by atoms with van der Waals surface area (Å²) in [5, 5.41) is 13.2. The van der Waals surface area contributed by atoms with Crippen molar-refractivity contribution in [3.8, 4) is 5.75 Å². The monoisotopic (exact) mass is 345 g/mol. The Bertz CT molecular complexity index is 681. The molecule has 1 N–H and O–H groups in total. The number of aromatic nitrogens is 4. The van der Waals surface area contributed by atoms with Crippen LogP contribution in [0.25, 0.3) is 0 Å². The van der Waals surface area contributed by atoms with Crippen LogP contribution in [0.3, 0.4) is 0 Å². The van der Waals surface area contributed by atoms with Crippen LogP contribution in [0, 0.1) is 0 Å². The van der Waals surface area contributed by atoms with Gasteiger partial charge in [0.2, 0.25) is 0 Å². The average Bonchev–Trinajstić information content (AvgIpc) is 3.04. The lowest BCUT2D eigenvalue weighted by atomic mass is 9.97. The van der Waals surface area contributed by atoms with E-state index in [1.54, 1.807) is 25.1 Å². The molecule has 1 fully saturated rings. The zero-order valence-electron chi connectivity index (χ0n) is 13.9. The van der Waals surface area contributed by atoms with Gasteiger partial charge in [-0.25, -0.2) is 0 Å². The number of hydrogen-bond donors (Lipinski definition) is 1. The van der Waals surface area contributed by atoms with Gasteiger partial charge in [-0.3, -0.25) is 4.98 Å². The van der Waals surface area contributed by atoms with Gasteiger partial charge in [0, 0.05) is 30.5 Å². The van der Waals surface area contributed by atoms with E-state index in [1.165, 1.54) is 0 Å². The highest BCUT2D eigenvalue weighted by molar-refractivity contribution is 7.98. The lowest BCUT2D eigenvalue weighted by Gasteiger charge is -2.22. The van der Waals surface area contributed by atoms with Crippen LogP contribution in [-0.2, 0) is 12.3 Å². The van der Waals surface area contributed by atoms with Crippen molar-refractivity contribution in [3.63, 3.8) is 0 Å².